The van der Waals surface area contributed by atoms with Crippen molar-refractivity contribution in [2.24, 2.45) is 0 Å². The Hall–Kier alpha value is -2.57. The highest BCUT2D eigenvalue weighted by atomic mass is 35.5. The van der Waals surface area contributed by atoms with Gasteiger partial charge in [-0.05, 0) is 29.8 Å². The molecule has 2 aromatic carbocycles. The van der Waals surface area contributed by atoms with Crippen molar-refractivity contribution in [3.8, 4) is 0 Å². The summed E-state index contributed by atoms with van der Waals surface area (Å²) in [5, 5.41) is 1.20. The van der Waals surface area contributed by atoms with E-state index in [-0.39, 0.29) is 11.8 Å². The van der Waals surface area contributed by atoms with Crippen molar-refractivity contribution in [3.05, 3.63) is 63.9 Å². The summed E-state index contributed by atoms with van der Waals surface area (Å²) in [6.07, 6.45) is 0.850. The number of rotatable bonds is 5. The van der Waals surface area contributed by atoms with Gasteiger partial charge >= 0.3 is 0 Å². The molecule has 162 valence electrons. The van der Waals surface area contributed by atoms with Crippen molar-refractivity contribution in [3.63, 3.8) is 0 Å². The lowest BCUT2D eigenvalue weighted by Crippen LogP contribution is -2.50. The number of benzene rings is 2. The summed E-state index contributed by atoms with van der Waals surface area (Å²) in [5.41, 5.74) is 2.69. The lowest BCUT2D eigenvalue weighted by Gasteiger charge is -2.34. The number of aromatic nitrogens is 2. The van der Waals surface area contributed by atoms with Crippen molar-refractivity contribution in [2.75, 3.05) is 26.2 Å². The molecule has 0 aliphatic carbocycles. The number of piperazine rings is 1. The molecule has 0 N–H and O–H groups in total. The highest BCUT2D eigenvalue weighted by Gasteiger charge is 2.23. The molecule has 1 aliphatic heterocycles. The molecule has 0 unspecified atom stereocenters. The fraction of sp³-hybridized carbons (Fsp3) is 0.348. The second-order valence-corrected chi connectivity index (χ2v) is 8.50. The minimum Gasteiger partial charge on any atom is -0.339 e. The average Bonchev–Trinajstić information content (AvgIpc) is 3.12. The topological polar surface area (TPSA) is 58.4 Å². The van der Waals surface area contributed by atoms with Crippen LogP contribution < -0.4 is 0 Å². The van der Waals surface area contributed by atoms with Gasteiger partial charge in [-0.2, -0.15) is 0 Å². The summed E-state index contributed by atoms with van der Waals surface area (Å²) in [6, 6.07) is 13.4. The first-order valence-corrected chi connectivity index (χ1v) is 11.1. The van der Waals surface area contributed by atoms with Crippen LogP contribution in [-0.4, -0.2) is 57.3 Å². The molecule has 8 heteroatoms. The minimum absolute atomic E-state index is 0.0554. The zero-order valence-electron chi connectivity index (χ0n) is 17.4. The van der Waals surface area contributed by atoms with E-state index in [2.05, 4.69) is 4.57 Å². The van der Waals surface area contributed by atoms with Crippen LogP contribution in [0.5, 0.6) is 0 Å². The van der Waals surface area contributed by atoms with Gasteiger partial charge < -0.3 is 14.4 Å². The zero-order valence-corrected chi connectivity index (χ0v) is 18.9. The first-order chi connectivity index (χ1) is 14.9. The monoisotopic (exact) mass is 458 g/mol. The van der Waals surface area contributed by atoms with Gasteiger partial charge in [-0.1, -0.05) is 41.4 Å². The maximum Gasteiger partial charge on any atom is 0.224 e. The molecular weight excluding hydrogens is 435 g/mol. The van der Waals surface area contributed by atoms with Crippen LogP contribution in [0.25, 0.3) is 11.0 Å². The van der Waals surface area contributed by atoms with Gasteiger partial charge in [0.15, 0.2) is 0 Å². The van der Waals surface area contributed by atoms with Gasteiger partial charge in [0.05, 0.1) is 11.0 Å². The Morgan fingerprint density at radius 3 is 2.26 bits per heavy atom. The summed E-state index contributed by atoms with van der Waals surface area (Å²) in [7, 11) is 0. The standard InChI is InChI=1S/C23H24Cl2N4O2/c1-16(30)27-11-13-28(14-12-27)23(31)9-10-29-21-8-3-2-7-20(21)26-22(29)15-17-18(24)5-4-6-19(17)25/h2-8H,9-15H2,1H3. The van der Waals surface area contributed by atoms with E-state index in [4.69, 9.17) is 28.2 Å². The van der Waals surface area contributed by atoms with Gasteiger partial charge in [0.25, 0.3) is 0 Å². The second-order valence-electron chi connectivity index (χ2n) is 7.68. The molecule has 0 bridgehead atoms. The quantitative estimate of drug-likeness (QED) is 0.579. The number of carbonyl (C=O) groups is 2. The second kappa shape index (κ2) is 9.28. The lowest BCUT2D eigenvalue weighted by molar-refractivity contribution is -0.138. The summed E-state index contributed by atoms with van der Waals surface area (Å²) >= 11 is 12.8. The van der Waals surface area contributed by atoms with E-state index >= 15 is 0 Å². The Morgan fingerprint density at radius 1 is 0.935 bits per heavy atom. The Labute approximate surface area is 191 Å². The van der Waals surface area contributed by atoms with Gasteiger partial charge in [-0.3, -0.25) is 9.59 Å². The molecule has 3 aromatic rings. The molecule has 1 aliphatic rings. The lowest BCUT2D eigenvalue weighted by atomic mass is 10.1. The van der Waals surface area contributed by atoms with Gasteiger partial charge in [0, 0.05) is 62.5 Å². The van der Waals surface area contributed by atoms with Crippen molar-refractivity contribution < 1.29 is 9.59 Å². The third-order valence-corrected chi connectivity index (χ3v) is 6.47. The molecule has 0 saturated carbocycles. The van der Waals surface area contributed by atoms with E-state index in [1.165, 1.54) is 0 Å². The van der Waals surface area contributed by atoms with Crippen LogP contribution in [-0.2, 0) is 22.6 Å². The molecule has 0 radical (unpaired) electrons. The highest BCUT2D eigenvalue weighted by Crippen LogP contribution is 2.28. The molecule has 31 heavy (non-hydrogen) atoms. The van der Waals surface area contributed by atoms with E-state index in [0.717, 1.165) is 22.4 Å². The summed E-state index contributed by atoms with van der Waals surface area (Å²) < 4.78 is 2.08. The molecule has 2 heterocycles. The van der Waals surface area contributed by atoms with Crippen LogP contribution in [0.1, 0.15) is 24.7 Å². The van der Waals surface area contributed by atoms with Crippen molar-refractivity contribution in [1.29, 1.82) is 0 Å². The molecule has 4 rings (SSSR count). The largest absolute Gasteiger partial charge is 0.339 e. The Balaban J connectivity index is 1.53. The predicted molar refractivity (Wildman–Crippen MR) is 122 cm³/mol. The third-order valence-electron chi connectivity index (χ3n) is 5.76. The predicted octanol–water partition coefficient (Wildman–Crippen LogP) is 4.01. The third kappa shape index (κ3) is 4.70. The maximum absolute atomic E-state index is 12.8. The number of aryl methyl sites for hydroxylation is 1. The van der Waals surface area contributed by atoms with Gasteiger partial charge in [-0.25, -0.2) is 4.98 Å². The summed E-state index contributed by atoms with van der Waals surface area (Å²) in [4.78, 5) is 32.7. The Kier molecular flexibility index (Phi) is 6.49. The molecule has 1 fully saturated rings. The van der Waals surface area contributed by atoms with Gasteiger partial charge in [0.1, 0.15) is 5.82 Å². The fourth-order valence-corrected chi connectivity index (χ4v) is 4.54. The van der Waals surface area contributed by atoms with Crippen LogP contribution >= 0.6 is 23.2 Å². The SMILES string of the molecule is CC(=O)N1CCN(C(=O)CCn2c(Cc3c(Cl)cccc3Cl)nc3ccccc32)CC1. The van der Waals surface area contributed by atoms with Crippen LogP contribution in [0.2, 0.25) is 10.0 Å². The summed E-state index contributed by atoms with van der Waals surface area (Å²) in [5.74, 6) is 0.966. The molecule has 6 nitrogen and oxygen atoms in total. The van der Waals surface area contributed by atoms with Gasteiger partial charge in [0.2, 0.25) is 11.8 Å². The van der Waals surface area contributed by atoms with Gasteiger partial charge in [-0.15, -0.1) is 0 Å². The number of fused-ring (bicyclic) bond motifs is 1. The normalized spacial score (nSPS) is 14.3. The Bertz CT molecular complexity index is 1100. The van der Waals surface area contributed by atoms with Crippen molar-refractivity contribution in [2.45, 2.75) is 26.3 Å². The highest BCUT2D eigenvalue weighted by molar-refractivity contribution is 6.36. The van der Waals surface area contributed by atoms with Crippen molar-refractivity contribution in [1.82, 2.24) is 19.4 Å². The fourth-order valence-electron chi connectivity index (χ4n) is 4.01. The van der Waals surface area contributed by atoms with Crippen LogP contribution in [0.15, 0.2) is 42.5 Å². The molecule has 0 atom stereocenters. The number of halogens is 2. The van der Waals surface area contributed by atoms with E-state index in [0.29, 0.717) is 55.6 Å². The molecular formula is C23H24Cl2N4O2. The first-order valence-electron chi connectivity index (χ1n) is 10.3. The number of imidazole rings is 1. The van der Waals surface area contributed by atoms with Crippen LogP contribution in [0.3, 0.4) is 0 Å². The molecule has 1 saturated heterocycles. The van der Waals surface area contributed by atoms with E-state index in [9.17, 15) is 9.59 Å². The number of amides is 2. The molecule has 1 aromatic heterocycles. The van der Waals surface area contributed by atoms with E-state index < -0.39 is 0 Å². The number of para-hydroxylation sites is 2. The zero-order chi connectivity index (χ0) is 22.0. The van der Waals surface area contributed by atoms with Crippen LogP contribution in [0.4, 0.5) is 0 Å². The number of carbonyl (C=O) groups excluding carboxylic acids is 2. The minimum atomic E-state index is 0.0554. The maximum atomic E-state index is 12.8. The first kappa shape index (κ1) is 21.7. The van der Waals surface area contributed by atoms with E-state index in [1.54, 1.807) is 11.8 Å². The number of hydrogen-bond acceptors (Lipinski definition) is 3. The Morgan fingerprint density at radius 2 is 1.58 bits per heavy atom. The number of hydrogen-bond donors (Lipinski definition) is 0. The average molecular weight is 459 g/mol. The number of nitrogens with zero attached hydrogens (tertiary/aromatic N) is 4. The molecule has 2 amide bonds. The van der Waals surface area contributed by atoms with Crippen molar-refractivity contribution >= 4 is 46.0 Å². The summed E-state index contributed by atoms with van der Waals surface area (Å²) in [6.45, 7) is 4.41. The smallest absolute Gasteiger partial charge is 0.224 e. The molecule has 0 spiro atoms. The van der Waals surface area contributed by atoms with E-state index in [1.807, 2.05) is 47.4 Å². The van der Waals surface area contributed by atoms with Crippen LogP contribution in [0, 0.1) is 0 Å².